The van der Waals surface area contributed by atoms with E-state index in [0.717, 1.165) is 42.7 Å². The summed E-state index contributed by atoms with van der Waals surface area (Å²) in [5.41, 5.74) is -0.132. The highest BCUT2D eigenvalue weighted by Gasteiger charge is 2.44. The van der Waals surface area contributed by atoms with Gasteiger partial charge in [-0.2, -0.15) is 5.10 Å². The molecule has 8 nitrogen and oxygen atoms in total. The average Bonchev–Trinajstić information content (AvgIpc) is 3.42. The summed E-state index contributed by atoms with van der Waals surface area (Å²) in [7, 11) is 1.69. The molecule has 0 saturated heterocycles. The van der Waals surface area contributed by atoms with Gasteiger partial charge in [0.2, 0.25) is 5.91 Å². The summed E-state index contributed by atoms with van der Waals surface area (Å²) in [6.07, 6.45) is 0.861. The van der Waals surface area contributed by atoms with Crippen molar-refractivity contribution in [1.82, 2.24) is 9.78 Å². The molecule has 1 unspecified atom stereocenters. The van der Waals surface area contributed by atoms with Crippen molar-refractivity contribution in [3.8, 4) is 5.75 Å². The maximum atomic E-state index is 13.2. The van der Waals surface area contributed by atoms with Crippen LogP contribution in [0.2, 0.25) is 0 Å². The summed E-state index contributed by atoms with van der Waals surface area (Å²) in [5, 5.41) is 6.78. The first kappa shape index (κ1) is 21.8. The maximum absolute atomic E-state index is 13.2. The molecular weight excluding hydrogens is 429 g/mol. The van der Waals surface area contributed by atoms with Crippen molar-refractivity contribution in [2.24, 2.45) is 13.0 Å². The number of hydrogen-bond donors (Lipinski definition) is 1. The number of halogens is 3. The zero-order valence-corrected chi connectivity index (χ0v) is 17.2. The number of benzene rings is 1. The normalized spacial score (nSPS) is 17.6. The van der Waals surface area contributed by atoms with E-state index in [9.17, 15) is 27.6 Å². The van der Waals surface area contributed by atoms with Gasteiger partial charge in [-0.1, -0.05) is 25.7 Å². The van der Waals surface area contributed by atoms with Crippen molar-refractivity contribution in [2.75, 3.05) is 10.2 Å². The standard InChI is InChI=1S/C21H21F3N4O4/c1-27-9-8-17(26-27)25-19(30)16(10-12-4-2-3-5-12)28-15-7-6-13(32-21(22,23)24)11-14(15)18(29)20(28)31/h6-9,11-12,16H,2-5,10H2,1H3,(H,25,26,30). The van der Waals surface area contributed by atoms with Crippen molar-refractivity contribution >= 4 is 29.1 Å². The van der Waals surface area contributed by atoms with Gasteiger partial charge < -0.3 is 10.1 Å². The fourth-order valence-corrected chi connectivity index (χ4v) is 4.33. The lowest BCUT2D eigenvalue weighted by atomic mass is 9.96. The third-order valence-electron chi connectivity index (χ3n) is 5.73. The Bertz CT molecular complexity index is 1060. The summed E-state index contributed by atoms with van der Waals surface area (Å²) in [6, 6.07) is 3.69. The fraction of sp³-hybridized carbons (Fsp3) is 0.429. The van der Waals surface area contributed by atoms with Gasteiger partial charge in [0.05, 0.1) is 11.3 Å². The van der Waals surface area contributed by atoms with Gasteiger partial charge in [0, 0.05) is 19.3 Å². The van der Waals surface area contributed by atoms with E-state index < -0.39 is 35.8 Å². The van der Waals surface area contributed by atoms with E-state index in [1.54, 1.807) is 19.3 Å². The van der Waals surface area contributed by atoms with Crippen LogP contribution in [-0.4, -0.2) is 39.8 Å². The van der Waals surface area contributed by atoms with Crippen LogP contribution in [0.5, 0.6) is 5.75 Å². The van der Waals surface area contributed by atoms with Crippen LogP contribution in [0.1, 0.15) is 42.5 Å². The van der Waals surface area contributed by atoms with E-state index in [2.05, 4.69) is 15.2 Å². The van der Waals surface area contributed by atoms with Gasteiger partial charge >= 0.3 is 6.36 Å². The first-order valence-corrected chi connectivity index (χ1v) is 10.2. The Morgan fingerprint density at radius 2 is 1.97 bits per heavy atom. The van der Waals surface area contributed by atoms with Crippen LogP contribution in [0.25, 0.3) is 0 Å². The van der Waals surface area contributed by atoms with Crippen LogP contribution in [0, 0.1) is 5.92 Å². The second-order valence-electron chi connectivity index (χ2n) is 8.00. The summed E-state index contributed by atoms with van der Waals surface area (Å²) < 4.78 is 43.1. The van der Waals surface area contributed by atoms with Gasteiger partial charge in [-0.05, 0) is 30.5 Å². The molecule has 0 spiro atoms. The molecule has 2 amide bonds. The number of ketones is 1. The Kier molecular flexibility index (Phi) is 5.66. The number of carbonyl (C=O) groups excluding carboxylic acids is 3. The Hall–Kier alpha value is -3.37. The van der Waals surface area contributed by atoms with Gasteiger partial charge in [0.1, 0.15) is 11.8 Å². The van der Waals surface area contributed by atoms with E-state index >= 15 is 0 Å². The fourth-order valence-electron chi connectivity index (χ4n) is 4.33. The third-order valence-corrected chi connectivity index (χ3v) is 5.73. The van der Waals surface area contributed by atoms with Crippen molar-refractivity contribution < 1.29 is 32.3 Å². The molecule has 0 bridgehead atoms. The van der Waals surface area contributed by atoms with Crippen LogP contribution >= 0.6 is 0 Å². The molecule has 2 heterocycles. The number of carbonyl (C=O) groups is 3. The lowest BCUT2D eigenvalue weighted by Gasteiger charge is -2.29. The summed E-state index contributed by atoms with van der Waals surface area (Å²) in [5.74, 6) is -2.57. The van der Waals surface area contributed by atoms with E-state index in [1.807, 2.05) is 0 Å². The van der Waals surface area contributed by atoms with Gasteiger partial charge in [0.25, 0.3) is 11.7 Å². The first-order valence-electron chi connectivity index (χ1n) is 10.2. The molecule has 1 aromatic carbocycles. The molecule has 32 heavy (non-hydrogen) atoms. The molecule has 1 saturated carbocycles. The Labute approximate surface area is 181 Å². The molecule has 4 rings (SSSR count). The number of rotatable bonds is 6. The van der Waals surface area contributed by atoms with Gasteiger partial charge in [0.15, 0.2) is 5.82 Å². The minimum Gasteiger partial charge on any atom is -0.406 e. The zero-order valence-electron chi connectivity index (χ0n) is 17.2. The van der Waals surface area contributed by atoms with Crippen molar-refractivity contribution in [1.29, 1.82) is 0 Å². The van der Waals surface area contributed by atoms with E-state index in [-0.39, 0.29) is 17.2 Å². The second-order valence-corrected chi connectivity index (χ2v) is 8.00. The predicted octanol–water partition coefficient (Wildman–Crippen LogP) is 3.44. The number of hydrogen-bond acceptors (Lipinski definition) is 5. The number of aromatic nitrogens is 2. The quantitative estimate of drug-likeness (QED) is 0.681. The smallest absolute Gasteiger partial charge is 0.406 e. The highest BCUT2D eigenvalue weighted by molar-refractivity contribution is 6.53. The average molecular weight is 450 g/mol. The molecule has 1 aliphatic carbocycles. The van der Waals surface area contributed by atoms with Crippen LogP contribution in [0.3, 0.4) is 0 Å². The lowest BCUT2D eigenvalue weighted by molar-refractivity contribution is -0.274. The summed E-state index contributed by atoms with van der Waals surface area (Å²) in [4.78, 5) is 39.7. The molecule has 2 aliphatic rings. The number of fused-ring (bicyclic) bond motifs is 1. The Morgan fingerprint density at radius 3 is 2.59 bits per heavy atom. The van der Waals surface area contributed by atoms with Gasteiger partial charge in [-0.15, -0.1) is 13.2 Å². The van der Waals surface area contributed by atoms with Gasteiger partial charge in [-0.3, -0.25) is 24.0 Å². The highest BCUT2D eigenvalue weighted by Crippen LogP contribution is 2.38. The van der Waals surface area contributed by atoms with Crippen LogP contribution in [0.4, 0.5) is 24.7 Å². The van der Waals surface area contributed by atoms with E-state index in [1.165, 1.54) is 10.7 Å². The first-order chi connectivity index (χ1) is 15.1. The molecule has 0 radical (unpaired) electrons. The molecular formula is C21H21F3N4O4. The minimum atomic E-state index is -4.94. The Balaban J connectivity index is 1.66. The Morgan fingerprint density at radius 1 is 1.25 bits per heavy atom. The molecule has 1 fully saturated rings. The number of ether oxygens (including phenoxy) is 1. The maximum Gasteiger partial charge on any atom is 0.573 e. The molecule has 11 heteroatoms. The number of anilines is 2. The molecule has 1 aliphatic heterocycles. The highest BCUT2D eigenvalue weighted by atomic mass is 19.4. The molecule has 1 aromatic heterocycles. The SMILES string of the molecule is Cn1ccc(NC(=O)C(CC2CCCC2)N2C(=O)C(=O)c3cc(OC(F)(F)F)ccc32)n1. The number of nitrogens with zero attached hydrogens (tertiary/aromatic N) is 3. The van der Waals surface area contributed by atoms with E-state index in [0.29, 0.717) is 12.2 Å². The summed E-state index contributed by atoms with van der Waals surface area (Å²) >= 11 is 0. The molecule has 1 atom stereocenters. The number of nitrogens with one attached hydrogen (secondary N) is 1. The number of aryl methyl sites for hydroxylation is 1. The van der Waals surface area contributed by atoms with Crippen molar-refractivity contribution in [2.45, 2.75) is 44.5 Å². The van der Waals surface area contributed by atoms with Crippen LogP contribution < -0.4 is 15.0 Å². The lowest BCUT2D eigenvalue weighted by Crippen LogP contribution is -2.48. The topological polar surface area (TPSA) is 93.5 Å². The zero-order chi connectivity index (χ0) is 23.0. The largest absolute Gasteiger partial charge is 0.573 e. The van der Waals surface area contributed by atoms with Crippen molar-refractivity contribution in [3.05, 3.63) is 36.0 Å². The van der Waals surface area contributed by atoms with Crippen LogP contribution in [0.15, 0.2) is 30.5 Å². The third kappa shape index (κ3) is 4.46. The number of Topliss-reactive ketones (excluding diaryl/α,β-unsaturated/α-hetero) is 1. The molecule has 170 valence electrons. The second kappa shape index (κ2) is 8.29. The monoisotopic (exact) mass is 450 g/mol. The summed E-state index contributed by atoms with van der Waals surface area (Å²) in [6.45, 7) is 0. The van der Waals surface area contributed by atoms with Crippen molar-refractivity contribution in [3.63, 3.8) is 0 Å². The van der Waals surface area contributed by atoms with Crippen LogP contribution in [-0.2, 0) is 16.6 Å². The minimum absolute atomic E-state index is 0.0914. The van der Waals surface area contributed by atoms with E-state index in [4.69, 9.17) is 0 Å². The van der Waals surface area contributed by atoms with Gasteiger partial charge in [-0.25, -0.2) is 0 Å². The predicted molar refractivity (Wildman–Crippen MR) is 107 cm³/mol. The molecule has 2 aromatic rings. The number of alkyl halides is 3. The number of amides is 2. The molecule has 1 N–H and O–H groups in total.